The topological polar surface area (TPSA) is 90.0 Å². The molecule has 11 heteroatoms. The first-order chi connectivity index (χ1) is 20.6. The van der Waals surface area contributed by atoms with Crippen LogP contribution in [-0.2, 0) is 9.63 Å². The number of halogens is 3. The third-order valence-electron chi connectivity index (χ3n) is 7.12. The summed E-state index contributed by atoms with van der Waals surface area (Å²) in [6, 6.07) is 14.1. The van der Waals surface area contributed by atoms with Crippen molar-refractivity contribution in [3.8, 4) is 33.9 Å². The van der Waals surface area contributed by atoms with Gasteiger partial charge in [0.15, 0.2) is 0 Å². The Morgan fingerprint density at radius 3 is 2.41 bits per heavy atom. The third-order valence-corrected chi connectivity index (χ3v) is 7.76. The largest absolute Gasteiger partial charge is 0.492 e. The molecule has 0 saturated heterocycles. The van der Waals surface area contributed by atoms with Gasteiger partial charge in [-0.1, -0.05) is 48.5 Å². The minimum atomic E-state index is -0.630. The van der Waals surface area contributed by atoms with E-state index in [2.05, 4.69) is 10.4 Å². The number of hydrogen-bond acceptors (Lipinski definition) is 7. The van der Waals surface area contributed by atoms with Crippen LogP contribution in [0.15, 0.2) is 48.5 Å². The van der Waals surface area contributed by atoms with Crippen molar-refractivity contribution in [3.05, 3.63) is 64.3 Å². The molecule has 1 heterocycles. The first kappa shape index (κ1) is 35.4. The molecule has 0 atom stereocenters. The standard InChI is InChI=1S/C33H39Cl2N3O5.ClH/c1-21(2)42-24-12-15-27(34)26(20-24)25-13-16-29(32(39)37-43-33(40)22-9-6-5-7-10-22)36-31(25)23-11-14-28(35)30(19-23)41-18-8-17-38(3)4;/h11-16,19-22H,5-10,17-18H2,1-4H3,(H,37,39);1H. The predicted molar refractivity (Wildman–Crippen MR) is 177 cm³/mol. The molecule has 44 heavy (non-hydrogen) atoms. The van der Waals surface area contributed by atoms with E-state index in [1.165, 1.54) is 0 Å². The van der Waals surface area contributed by atoms with Crippen LogP contribution in [0.5, 0.6) is 11.5 Å². The first-order valence-corrected chi connectivity index (χ1v) is 15.4. The van der Waals surface area contributed by atoms with Crippen LogP contribution in [0.2, 0.25) is 10.0 Å². The first-order valence-electron chi connectivity index (χ1n) is 14.7. The van der Waals surface area contributed by atoms with E-state index in [1.54, 1.807) is 30.3 Å². The second kappa shape index (κ2) is 16.9. The van der Waals surface area contributed by atoms with Gasteiger partial charge in [-0.3, -0.25) is 4.79 Å². The van der Waals surface area contributed by atoms with Crippen LogP contribution in [0, 0.1) is 5.92 Å². The molecule has 0 spiro atoms. The van der Waals surface area contributed by atoms with Crippen LogP contribution in [0.1, 0.15) is 62.9 Å². The molecule has 1 N–H and O–H groups in total. The van der Waals surface area contributed by atoms with Gasteiger partial charge in [0, 0.05) is 28.3 Å². The van der Waals surface area contributed by atoms with Crippen LogP contribution in [0.3, 0.4) is 0 Å². The van der Waals surface area contributed by atoms with E-state index in [-0.39, 0.29) is 30.1 Å². The molecule has 8 nitrogen and oxygen atoms in total. The maximum absolute atomic E-state index is 13.1. The predicted octanol–water partition coefficient (Wildman–Crippen LogP) is 8.03. The molecule has 1 fully saturated rings. The molecule has 238 valence electrons. The van der Waals surface area contributed by atoms with E-state index in [1.807, 2.05) is 46.1 Å². The Hall–Kier alpha value is -3.04. The lowest BCUT2D eigenvalue weighted by Gasteiger charge is -2.19. The van der Waals surface area contributed by atoms with Crippen LogP contribution in [0.25, 0.3) is 22.4 Å². The highest BCUT2D eigenvalue weighted by Crippen LogP contribution is 2.39. The Kier molecular flexibility index (Phi) is 13.6. The van der Waals surface area contributed by atoms with Gasteiger partial charge in [0.2, 0.25) is 0 Å². The van der Waals surface area contributed by atoms with E-state index >= 15 is 0 Å². The van der Waals surface area contributed by atoms with Crippen LogP contribution in [-0.4, -0.2) is 55.1 Å². The normalized spacial score (nSPS) is 13.4. The molecule has 0 unspecified atom stereocenters. The van der Waals surface area contributed by atoms with E-state index in [4.69, 9.17) is 42.5 Å². The number of hydrogen-bond donors (Lipinski definition) is 1. The van der Waals surface area contributed by atoms with Gasteiger partial charge in [-0.15, -0.1) is 12.4 Å². The zero-order valence-corrected chi connectivity index (χ0v) is 27.9. The number of benzene rings is 2. The Bertz CT molecular complexity index is 1430. The van der Waals surface area contributed by atoms with E-state index in [0.717, 1.165) is 45.1 Å². The number of amides is 1. The monoisotopic (exact) mass is 663 g/mol. The molecule has 1 saturated carbocycles. The molecule has 1 aliphatic carbocycles. The summed E-state index contributed by atoms with van der Waals surface area (Å²) in [6.45, 7) is 5.25. The Morgan fingerprint density at radius 1 is 0.977 bits per heavy atom. The van der Waals surface area contributed by atoms with Crippen molar-refractivity contribution in [1.82, 2.24) is 15.4 Å². The van der Waals surface area contributed by atoms with Crippen molar-refractivity contribution < 1.29 is 23.9 Å². The number of pyridine rings is 1. The van der Waals surface area contributed by atoms with Gasteiger partial charge in [-0.25, -0.2) is 9.78 Å². The van der Waals surface area contributed by atoms with Gasteiger partial charge in [0.1, 0.15) is 17.2 Å². The lowest BCUT2D eigenvalue weighted by molar-refractivity contribution is -0.155. The zero-order chi connectivity index (χ0) is 30.9. The summed E-state index contributed by atoms with van der Waals surface area (Å²) in [4.78, 5) is 37.6. The van der Waals surface area contributed by atoms with Crippen molar-refractivity contribution >= 4 is 47.5 Å². The number of ether oxygens (including phenoxy) is 2. The van der Waals surface area contributed by atoms with Crippen molar-refractivity contribution in [2.24, 2.45) is 5.92 Å². The Morgan fingerprint density at radius 2 is 1.70 bits per heavy atom. The minimum absolute atomic E-state index is 0. The highest BCUT2D eigenvalue weighted by atomic mass is 35.5. The summed E-state index contributed by atoms with van der Waals surface area (Å²) in [5, 5.41) is 0.955. The SMILES string of the molecule is CC(C)Oc1ccc(Cl)c(-c2ccc(C(=O)NOC(=O)C3CCCCC3)nc2-c2ccc(Cl)c(OCCCN(C)C)c2)c1.Cl. The lowest BCUT2D eigenvalue weighted by atomic mass is 9.89. The number of nitrogens with one attached hydrogen (secondary N) is 1. The number of aromatic nitrogens is 1. The Balaban J connectivity index is 0.00000529. The summed E-state index contributed by atoms with van der Waals surface area (Å²) in [6.07, 6.45) is 5.40. The summed E-state index contributed by atoms with van der Waals surface area (Å²) >= 11 is 13.2. The molecule has 1 aliphatic rings. The fourth-order valence-corrected chi connectivity index (χ4v) is 5.37. The second-order valence-corrected chi connectivity index (χ2v) is 12.1. The van der Waals surface area contributed by atoms with Gasteiger partial charge < -0.3 is 19.2 Å². The quantitative estimate of drug-likeness (QED) is 0.164. The molecule has 4 rings (SSSR count). The van der Waals surface area contributed by atoms with Gasteiger partial charge in [-0.05, 0) is 89.7 Å². The van der Waals surface area contributed by atoms with Crippen molar-refractivity contribution in [2.75, 3.05) is 27.2 Å². The number of carbonyl (C=O) groups is 2. The number of nitrogens with zero attached hydrogens (tertiary/aromatic N) is 2. The molecule has 1 amide bonds. The summed E-state index contributed by atoms with van der Waals surface area (Å²) in [7, 11) is 4.01. The number of hydroxylamine groups is 1. The van der Waals surface area contributed by atoms with Crippen molar-refractivity contribution in [1.29, 1.82) is 0 Å². The molecular weight excluding hydrogens is 625 g/mol. The van der Waals surface area contributed by atoms with E-state index in [0.29, 0.717) is 50.5 Å². The van der Waals surface area contributed by atoms with Crippen LogP contribution in [0.4, 0.5) is 0 Å². The maximum atomic E-state index is 13.1. The smallest absolute Gasteiger partial charge is 0.335 e. The molecule has 1 aromatic heterocycles. The third kappa shape index (κ3) is 9.73. The Labute approximate surface area is 275 Å². The van der Waals surface area contributed by atoms with E-state index in [9.17, 15) is 9.59 Å². The average molecular weight is 665 g/mol. The van der Waals surface area contributed by atoms with Crippen LogP contribution < -0.4 is 15.0 Å². The molecule has 0 aliphatic heterocycles. The van der Waals surface area contributed by atoms with Gasteiger partial charge in [0.05, 0.1) is 29.3 Å². The molecular formula is C33H40Cl3N3O5. The summed E-state index contributed by atoms with van der Waals surface area (Å²) < 4.78 is 11.9. The van der Waals surface area contributed by atoms with Gasteiger partial charge >= 0.3 is 11.9 Å². The van der Waals surface area contributed by atoms with Crippen molar-refractivity contribution in [3.63, 3.8) is 0 Å². The summed E-state index contributed by atoms with van der Waals surface area (Å²) in [5.74, 6) is -0.100. The van der Waals surface area contributed by atoms with Gasteiger partial charge in [-0.2, -0.15) is 5.48 Å². The highest BCUT2D eigenvalue weighted by molar-refractivity contribution is 6.33. The highest BCUT2D eigenvalue weighted by Gasteiger charge is 2.24. The zero-order valence-electron chi connectivity index (χ0n) is 25.5. The van der Waals surface area contributed by atoms with Gasteiger partial charge in [0.25, 0.3) is 0 Å². The van der Waals surface area contributed by atoms with Crippen molar-refractivity contribution in [2.45, 2.75) is 58.5 Å². The second-order valence-electron chi connectivity index (χ2n) is 11.2. The fourth-order valence-electron chi connectivity index (χ4n) is 4.97. The maximum Gasteiger partial charge on any atom is 0.335 e. The minimum Gasteiger partial charge on any atom is -0.492 e. The summed E-state index contributed by atoms with van der Waals surface area (Å²) in [5.41, 5.74) is 4.87. The average Bonchev–Trinajstić information content (AvgIpc) is 2.99. The molecule has 3 aromatic rings. The van der Waals surface area contributed by atoms with E-state index < -0.39 is 11.9 Å². The fraction of sp³-hybridized carbons (Fsp3) is 0.424. The molecule has 0 bridgehead atoms. The van der Waals surface area contributed by atoms with Crippen LogP contribution >= 0.6 is 35.6 Å². The molecule has 2 aromatic carbocycles. The lowest BCUT2D eigenvalue weighted by Crippen LogP contribution is -2.31. The molecule has 0 radical (unpaired) electrons. The number of carbonyl (C=O) groups excluding carboxylic acids is 2. The number of rotatable bonds is 11.